The lowest BCUT2D eigenvalue weighted by Crippen LogP contribution is -2.55. The number of carbonyl (C=O) groups is 1. The van der Waals surface area contributed by atoms with Gasteiger partial charge in [-0.2, -0.15) is 0 Å². The maximum Gasteiger partial charge on any atom is 0.337 e. The number of hydrogen-bond donors (Lipinski definition) is 1. The number of nitrogens with zero attached hydrogens (tertiary/aromatic N) is 1. The predicted octanol–water partition coefficient (Wildman–Crippen LogP) is 1.07. The van der Waals surface area contributed by atoms with Gasteiger partial charge in [0.2, 0.25) is 0 Å². The first-order valence-electron chi connectivity index (χ1n) is 6.12. The molecule has 2 aliphatic rings. The van der Waals surface area contributed by atoms with Crippen molar-refractivity contribution in [2.75, 3.05) is 38.3 Å². The van der Waals surface area contributed by atoms with E-state index in [1.54, 1.807) is 12.1 Å². The molecule has 1 N–H and O–H groups in total. The standard InChI is InChI=1S/C13H16N2O3.ClH/c1-17-13(16)9-2-3-11-12(6-9)18-8-10-7-14-4-5-15(10)11;/h2-3,6,10,14H,4-5,7-8H2,1H3;1H/t10-;/m1./s1. The van der Waals surface area contributed by atoms with E-state index in [-0.39, 0.29) is 18.4 Å². The molecule has 0 amide bonds. The summed E-state index contributed by atoms with van der Waals surface area (Å²) >= 11 is 0. The van der Waals surface area contributed by atoms with Crippen molar-refractivity contribution < 1.29 is 14.3 Å². The van der Waals surface area contributed by atoms with Crippen LogP contribution < -0.4 is 15.0 Å². The third-order valence-corrected chi connectivity index (χ3v) is 3.47. The molecule has 0 unspecified atom stereocenters. The summed E-state index contributed by atoms with van der Waals surface area (Å²) < 4.78 is 10.5. The molecule has 1 fully saturated rings. The lowest BCUT2D eigenvalue weighted by molar-refractivity contribution is 0.0600. The smallest absolute Gasteiger partial charge is 0.337 e. The predicted molar refractivity (Wildman–Crippen MR) is 74.5 cm³/mol. The number of halogens is 1. The number of esters is 1. The van der Waals surface area contributed by atoms with Crippen LogP contribution >= 0.6 is 12.4 Å². The molecule has 0 aromatic heterocycles. The Kier molecular flexibility index (Phi) is 4.17. The van der Waals surface area contributed by atoms with E-state index in [4.69, 9.17) is 9.47 Å². The lowest BCUT2D eigenvalue weighted by atomic mass is 10.1. The third kappa shape index (κ3) is 2.48. The van der Waals surface area contributed by atoms with Crippen molar-refractivity contribution >= 4 is 24.1 Å². The van der Waals surface area contributed by atoms with Crippen LogP contribution in [-0.4, -0.2) is 45.4 Å². The van der Waals surface area contributed by atoms with E-state index in [0.717, 1.165) is 31.1 Å². The minimum Gasteiger partial charge on any atom is -0.489 e. The SMILES string of the molecule is COC(=O)c1ccc2c(c1)OC[C@H]1CNCCN21.Cl. The van der Waals surface area contributed by atoms with Gasteiger partial charge < -0.3 is 19.7 Å². The van der Waals surface area contributed by atoms with Crippen molar-refractivity contribution in [1.29, 1.82) is 0 Å². The fourth-order valence-electron chi connectivity index (χ4n) is 2.52. The van der Waals surface area contributed by atoms with Crippen LogP contribution in [0.5, 0.6) is 5.75 Å². The number of nitrogens with one attached hydrogen (secondary N) is 1. The Morgan fingerprint density at radius 3 is 3.16 bits per heavy atom. The van der Waals surface area contributed by atoms with Crippen LogP contribution in [0.2, 0.25) is 0 Å². The number of carbonyl (C=O) groups excluding carboxylic acids is 1. The molecule has 3 rings (SSSR count). The molecule has 5 nitrogen and oxygen atoms in total. The molecule has 1 aromatic carbocycles. The van der Waals surface area contributed by atoms with Gasteiger partial charge in [-0.15, -0.1) is 12.4 Å². The third-order valence-electron chi connectivity index (χ3n) is 3.47. The van der Waals surface area contributed by atoms with Crippen molar-refractivity contribution in [2.45, 2.75) is 6.04 Å². The largest absolute Gasteiger partial charge is 0.489 e. The van der Waals surface area contributed by atoms with Crippen molar-refractivity contribution in [1.82, 2.24) is 5.32 Å². The zero-order valence-electron chi connectivity index (χ0n) is 10.7. The quantitative estimate of drug-likeness (QED) is 0.782. The van der Waals surface area contributed by atoms with Gasteiger partial charge in [0.15, 0.2) is 0 Å². The summed E-state index contributed by atoms with van der Waals surface area (Å²) in [6.45, 7) is 3.55. The second-order valence-corrected chi connectivity index (χ2v) is 4.54. The van der Waals surface area contributed by atoms with E-state index in [0.29, 0.717) is 18.2 Å². The average molecular weight is 285 g/mol. The molecule has 0 aliphatic carbocycles. The zero-order chi connectivity index (χ0) is 12.5. The first-order chi connectivity index (χ1) is 8.79. The average Bonchev–Trinajstić information content (AvgIpc) is 2.45. The van der Waals surface area contributed by atoms with Crippen LogP contribution in [-0.2, 0) is 4.74 Å². The molecule has 2 heterocycles. The van der Waals surface area contributed by atoms with Crippen molar-refractivity contribution in [2.24, 2.45) is 0 Å². The molecular formula is C13H17ClN2O3. The second-order valence-electron chi connectivity index (χ2n) is 4.54. The molecule has 1 atom stereocenters. The van der Waals surface area contributed by atoms with E-state index in [1.807, 2.05) is 6.07 Å². The van der Waals surface area contributed by atoms with Crippen LogP contribution in [0.15, 0.2) is 18.2 Å². The van der Waals surface area contributed by atoms with Gasteiger partial charge in [-0.3, -0.25) is 0 Å². The van der Waals surface area contributed by atoms with Crippen LogP contribution in [0.1, 0.15) is 10.4 Å². The maximum atomic E-state index is 11.5. The normalized spacial score (nSPS) is 20.5. The van der Waals surface area contributed by atoms with Crippen molar-refractivity contribution in [3.8, 4) is 5.75 Å². The number of rotatable bonds is 1. The molecule has 1 aromatic rings. The van der Waals surface area contributed by atoms with E-state index in [2.05, 4.69) is 10.2 Å². The Balaban J connectivity index is 0.00000133. The van der Waals surface area contributed by atoms with Crippen LogP contribution in [0.4, 0.5) is 5.69 Å². The summed E-state index contributed by atoms with van der Waals surface area (Å²) in [4.78, 5) is 13.8. The highest BCUT2D eigenvalue weighted by Gasteiger charge is 2.30. The van der Waals surface area contributed by atoms with E-state index in [1.165, 1.54) is 7.11 Å². The van der Waals surface area contributed by atoms with Crippen LogP contribution in [0.25, 0.3) is 0 Å². The first-order valence-corrected chi connectivity index (χ1v) is 6.12. The van der Waals surface area contributed by atoms with E-state index < -0.39 is 0 Å². The Morgan fingerprint density at radius 2 is 2.37 bits per heavy atom. The van der Waals surface area contributed by atoms with Gasteiger partial charge in [-0.25, -0.2) is 4.79 Å². The highest BCUT2D eigenvalue weighted by atomic mass is 35.5. The number of anilines is 1. The summed E-state index contributed by atoms with van der Waals surface area (Å²) in [6, 6.07) is 5.88. The highest BCUT2D eigenvalue weighted by molar-refractivity contribution is 5.90. The number of ether oxygens (including phenoxy) is 2. The number of benzene rings is 1. The van der Waals surface area contributed by atoms with Gasteiger partial charge >= 0.3 is 5.97 Å². The van der Waals surface area contributed by atoms with E-state index >= 15 is 0 Å². The number of piperazine rings is 1. The Bertz CT molecular complexity index is 481. The summed E-state index contributed by atoms with van der Waals surface area (Å²) in [5.41, 5.74) is 1.60. The van der Waals surface area contributed by atoms with Gasteiger partial charge in [0.05, 0.1) is 24.4 Å². The zero-order valence-corrected chi connectivity index (χ0v) is 11.5. The minimum absolute atomic E-state index is 0. The first kappa shape index (κ1) is 14.0. The van der Waals surface area contributed by atoms with Crippen molar-refractivity contribution in [3.05, 3.63) is 23.8 Å². The maximum absolute atomic E-state index is 11.5. The Morgan fingerprint density at radius 1 is 1.53 bits per heavy atom. The summed E-state index contributed by atoms with van der Waals surface area (Å²) in [7, 11) is 1.38. The van der Waals surface area contributed by atoms with E-state index in [9.17, 15) is 4.79 Å². The topological polar surface area (TPSA) is 50.8 Å². The molecule has 0 radical (unpaired) electrons. The van der Waals surface area contributed by atoms with Gasteiger partial charge in [-0.1, -0.05) is 0 Å². The fourth-order valence-corrected chi connectivity index (χ4v) is 2.52. The number of hydrogen-bond acceptors (Lipinski definition) is 5. The Labute approximate surface area is 118 Å². The molecule has 1 saturated heterocycles. The monoisotopic (exact) mass is 284 g/mol. The fraction of sp³-hybridized carbons (Fsp3) is 0.462. The molecule has 0 spiro atoms. The van der Waals surface area contributed by atoms with Crippen LogP contribution in [0, 0.1) is 0 Å². The van der Waals surface area contributed by atoms with Gasteiger partial charge in [-0.05, 0) is 18.2 Å². The summed E-state index contributed by atoms with van der Waals surface area (Å²) in [5.74, 6) is 0.444. The number of fused-ring (bicyclic) bond motifs is 3. The Hall–Kier alpha value is -1.46. The molecule has 6 heteroatoms. The molecule has 0 saturated carbocycles. The molecular weight excluding hydrogens is 268 g/mol. The summed E-state index contributed by atoms with van der Waals surface area (Å²) in [6.07, 6.45) is 0. The minimum atomic E-state index is -0.330. The second kappa shape index (κ2) is 5.67. The van der Waals surface area contributed by atoms with Gasteiger partial charge in [0, 0.05) is 19.6 Å². The summed E-state index contributed by atoms with van der Waals surface area (Å²) in [5, 5.41) is 3.36. The molecule has 2 aliphatic heterocycles. The van der Waals surface area contributed by atoms with Crippen molar-refractivity contribution in [3.63, 3.8) is 0 Å². The molecule has 0 bridgehead atoms. The lowest BCUT2D eigenvalue weighted by Gasteiger charge is -2.41. The highest BCUT2D eigenvalue weighted by Crippen LogP contribution is 2.35. The number of methoxy groups -OCH3 is 1. The van der Waals surface area contributed by atoms with Gasteiger partial charge in [0.1, 0.15) is 12.4 Å². The van der Waals surface area contributed by atoms with Crippen LogP contribution in [0.3, 0.4) is 0 Å². The van der Waals surface area contributed by atoms with Gasteiger partial charge in [0.25, 0.3) is 0 Å². The molecule has 104 valence electrons. The molecule has 19 heavy (non-hydrogen) atoms.